The van der Waals surface area contributed by atoms with E-state index in [0.29, 0.717) is 19.6 Å². The Balaban J connectivity index is 2.03. The van der Waals surface area contributed by atoms with Crippen molar-refractivity contribution in [1.29, 1.82) is 0 Å². The molecule has 98 valence electrons. The number of carbonyl (C=O) groups excluding carboxylic acids is 1. The van der Waals surface area contributed by atoms with E-state index in [0.717, 1.165) is 24.3 Å². The maximum absolute atomic E-state index is 11.1. The second-order valence-electron chi connectivity index (χ2n) is 4.17. The van der Waals surface area contributed by atoms with Gasteiger partial charge in [-0.3, -0.25) is 9.48 Å². The topological polar surface area (TPSA) is 53.4 Å². The van der Waals surface area contributed by atoms with Gasteiger partial charge in [-0.25, -0.2) is 0 Å². The molecule has 5 heteroatoms. The molecule has 5 nitrogen and oxygen atoms in total. The Kier molecular flexibility index (Phi) is 4.02. The summed E-state index contributed by atoms with van der Waals surface area (Å²) in [4.78, 5) is 11.1. The summed E-state index contributed by atoms with van der Waals surface area (Å²) in [7, 11) is 1.40. The van der Waals surface area contributed by atoms with Crippen molar-refractivity contribution in [3.63, 3.8) is 0 Å². The van der Waals surface area contributed by atoms with Gasteiger partial charge in [0.15, 0.2) is 0 Å². The average molecular weight is 250 g/mol. The molecule has 2 rings (SSSR count). The number of ether oxygens (including phenoxy) is 2. The normalized spacial score (nSPS) is 13.8. The Morgan fingerprint density at radius 2 is 2.33 bits per heavy atom. The number of esters is 1. The van der Waals surface area contributed by atoms with Crippen molar-refractivity contribution in [3.8, 4) is 0 Å². The predicted octanol–water partition coefficient (Wildman–Crippen LogP) is 1.77. The molecule has 0 radical (unpaired) electrons. The molecule has 18 heavy (non-hydrogen) atoms. The summed E-state index contributed by atoms with van der Waals surface area (Å²) < 4.78 is 11.9. The van der Waals surface area contributed by atoms with Crippen LogP contribution in [0.2, 0.25) is 0 Å². The molecule has 0 atom stereocenters. The van der Waals surface area contributed by atoms with E-state index >= 15 is 0 Å². The summed E-state index contributed by atoms with van der Waals surface area (Å²) in [6.45, 7) is 3.22. The van der Waals surface area contributed by atoms with Crippen LogP contribution in [0.25, 0.3) is 6.08 Å². The first-order chi connectivity index (χ1) is 8.72. The second kappa shape index (κ2) is 5.71. The summed E-state index contributed by atoms with van der Waals surface area (Å²) in [5.74, 6) is 0.775. The number of methoxy groups -OCH3 is 1. The summed E-state index contributed by atoms with van der Waals surface area (Å²) in [6, 6.07) is 0. The molecule has 0 unspecified atom stereocenters. The Hall–Kier alpha value is -1.78. The van der Waals surface area contributed by atoms with Crippen LogP contribution >= 0.6 is 0 Å². The highest BCUT2D eigenvalue weighted by molar-refractivity contribution is 5.69. The van der Waals surface area contributed by atoms with Gasteiger partial charge in [-0.2, -0.15) is 5.10 Å². The van der Waals surface area contributed by atoms with Gasteiger partial charge in [0.05, 0.1) is 38.1 Å². The largest absolute Gasteiger partial charge is 0.498 e. The summed E-state index contributed by atoms with van der Waals surface area (Å²) in [5, 5.41) is 4.44. The predicted molar refractivity (Wildman–Crippen MR) is 66.8 cm³/mol. The highest BCUT2D eigenvalue weighted by Gasteiger charge is 2.15. The van der Waals surface area contributed by atoms with Crippen molar-refractivity contribution in [3.05, 3.63) is 23.2 Å². The zero-order valence-corrected chi connectivity index (χ0v) is 10.8. The van der Waals surface area contributed by atoms with E-state index in [2.05, 4.69) is 9.84 Å². The summed E-state index contributed by atoms with van der Waals surface area (Å²) >= 11 is 0. The lowest BCUT2D eigenvalue weighted by molar-refractivity contribution is -0.140. The number of hydrogen-bond donors (Lipinski definition) is 0. The van der Waals surface area contributed by atoms with E-state index in [1.165, 1.54) is 12.7 Å². The van der Waals surface area contributed by atoms with Crippen LogP contribution in [-0.2, 0) is 27.2 Å². The first-order valence-electron chi connectivity index (χ1n) is 6.19. The molecular formula is C13H18N2O3. The lowest BCUT2D eigenvalue weighted by Gasteiger charge is -2.12. The minimum Gasteiger partial charge on any atom is -0.498 e. The van der Waals surface area contributed by atoms with E-state index in [1.807, 2.05) is 19.2 Å². The van der Waals surface area contributed by atoms with Gasteiger partial charge >= 0.3 is 5.97 Å². The van der Waals surface area contributed by atoms with Gasteiger partial charge in [-0.05, 0) is 18.9 Å². The molecule has 0 amide bonds. The lowest BCUT2D eigenvalue weighted by Crippen LogP contribution is -2.07. The van der Waals surface area contributed by atoms with Crippen LogP contribution in [0.5, 0.6) is 0 Å². The third kappa shape index (κ3) is 2.91. The number of fused-ring (bicyclic) bond motifs is 1. The van der Waals surface area contributed by atoms with E-state index in [9.17, 15) is 4.79 Å². The van der Waals surface area contributed by atoms with Gasteiger partial charge in [0.25, 0.3) is 0 Å². The van der Waals surface area contributed by atoms with E-state index in [4.69, 9.17) is 4.74 Å². The fourth-order valence-corrected chi connectivity index (χ4v) is 2.00. The minimum atomic E-state index is -0.214. The fraction of sp³-hybridized carbons (Fsp3) is 0.538. The van der Waals surface area contributed by atoms with Gasteiger partial charge in [-0.1, -0.05) is 0 Å². The third-order valence-electron chi connectivity index (χ3n) is 2.91. The van der Waals surface area contributed by atoms with Crippen LogP contribution in [-0.4, -0.2) is 29.5 Å². The smallest absolute Gasteiger partial charge is 0.307 e. The van der Waals surface area contributed by atoms with E-state index in [-0.39, 0.29) is 5.97 Å². The van der Waals surface area contributed by atoms with Crippen molar-refractivity contribution in [2.24, 2.45) is 0 Å². The lowest BCUT2D eigenvalue weighted by atomic mass is 10.0. The maximum atomic E-state index is 11.1. The summed E-state index contributed by atoms with van der Waals surface area (Å²) in [5.41, 5.74) is 2.16. The maximum Gasteiger partial charge on any atom is 0.307 e. The zero-order chi connectivity index (χ0) is 13.0. The Morgan fingerprint density at radius 3 is 3.06 bits per heavy atom. The van der Waals surface area contributed by atoms with Gasteiger partial charge in [-0.15, -0.1) is 0 Å². The number of carbonyl (C=O) groups is 1. The first-order valence-corrected chi connectivity index (χ1v) is 6.19. The van der Waals surface area contributed by atoms with Crippen LogP contribution in [0.4, 0.5) is 0 Å². The van der Waals surface area contributed by atoms with Crippen LogP contribution in [0.15, 0.2) is 12.0 Å². The molecule has 1 aliphatic carbocycles. The minimum absolute atomic E-state index is 0.214. The van der Waals surface area contributed by atoms with Crippen LogP contribution < -0.4 is 0 Å². The van der Waals surface area contributed by atoms with E-state index in [1.54, 1.807) is 4.68 Å². The molecule has 0 fully saturated rings. The number of allylic oxidation sites excluding steroid dienone is 1. The van der Waals surface area contributed by atoms with Crippen LogP contribution in [0, 0.1) is 0 Å². The standard InChI is InChI=1S/C13H18N2O3/c1-3-18-11-5-4-10-9-15(14-12(10)8-11)7-6-13(16)17-2/h8-9H,3-7H2,1-2H3. The number of hydrogen-bond acceptors (Lipinski definition) is 4. The van der Waals surface area contributed by atoms with E-state index < -0.39 is 0 Å². The number of rotatable bonds is 5. The molecule has 0 N–H and O–H groups in total. The third-order valence-corrected chi connectivity index (χ3v) is 2.91. The Bertz CT molecular complexity index is 463. The SMILES string of the molecule is CCOC1=Cc2nn(CCC(=O)OC)cc2CC1. The van der Waals surface area contributed by atoms with Crippen molar-refractivity contribution in [2.75, 3.05) is 13.7 Å². The second-order valence-corrected chi connectivity index (χ2v) is 4.17. The van der Waals surface area contributed by atoms with Gasteiger partial charge in [0.1, 0.15) is 0 Å². The molecule has 1 aromatic heterocycles. The molecular weight excluding hydrogens is 232 g/mol. The average Bonchev–Trinajstić information content (AvgIpc) is 2.78. The quantitative estimate of drug-likeness (QED) is 0.747. The monoisotopic (exact) mass is 250 g/mol. The Morgan fingerprint density at radius 1 is 1.50 bits per heavy atom. The molecule has 0 bridgehead atoms. The number of aromatic nitrogens is 2. The molecule has 0 saturated heterocycles. The zero-order valence-electron chi connectivity index (χ0n) is 10.8. The van der Waals surface area contributed by atoms with Crippen LogP contribution in [0.1, 0.15) is 31.0 Å². The molecule has 0 aromatic carbocycles. The molecule has 0 spiro atoms. The highest BCUT2D eigenvalue weighted by atomic mass is 16.5. The molecule has 1 aliphatic rings. The molecule has 0 saturated carbocycles. The van der Waals surface area contributed by atoms with Crippen molar-refractivity contribution < 1.29 is 14.3 Å². The van der Waals surface area contributed by atoms with Crippen molar-refractivity contribution in [2.45, 2.75) is 32.7 Å². The van der Waals surface area contributed by atoms with Gasteiger partial charge < -0.3 is 9.47 Å². The highest BCUT2D eigenvalue weighted by Crippen LogP contribution is 2.23. The van der Waals surface area contributed by atoms with Crippen LogP contribution in [0.3, 0.4) is 0 Å². The molecule has 1 aromatic rings. The first kappa shape index (κ1) is 12.7. The number of aryl methyl sites for hydroxylation is 2. The summed E-state index contributed by atoms with van der Waals surface area (Å²) in [6.07, 6.45) is 6.19. The van der Waals surface area contributed by atoms with Crippen molar-refractivity contribution >= 4 is 12.0 Å². The van der Waals surface area contributed by atoms with Gasteiger partial charge in [0, 0.05) is 18.7 Å². The van der Waals surface area contributed by atoms with Gasteiger partial charge in [0.2, 0.25) is 0 Å². The molecule has 1 heterocycles. The van der Waals surface area contributed by atoms with Crippen molar-refractivity contribution in [1.82, 2.24) is 9.78 Å². The Labute approximate surface area is 106 Å². The number of nitrogens with zero attached hydrogens (tertiary/aromatic N) is 2. The fourth-order valence-electron chi connectivity index (χ4n) is 2.00. The molecule has 0 aliphatic heterocycles.